The van der Waals surface area contributed by atoms with Crippen LogP contribution in [0.2, 0.25) is 0 Å². The van der Waals surface area contributed by atoms with Gasteiger partial charge >= 0.3 is 0 Å². The number of hydrogen-bond donors (Lipinski definition) is 0. The average molecular weight is 302 g/mol. The molecule has 0 atom stereocenters. The maximum atomic E-state index is 13.5. The van der Waals surface area contributed by atoms with Crippen LogP contribution in [-0.4, -0.2) is 4.98 Å². The highest BCUT2D eigenvalue weighted by Crippen LogP contribution is 2.30. The van der Waals surface area contributed by atoms with Crippen LogP contribution >= 0.6 is 11.6 Å². The largest absolute Gasteiger partial charge is 0.455 e. The number of rotatable bonds is 3. The minimum absolute atomic E-state index is 0.237. The van der Waals surface area contributed by atoms with Crippen LogP contribution in [0.25, 0.3) is 10.9 Å². The van der Waals surface area contributed by atoms with Gasteiger partial charge < -0.3 is 4.74 Å². The molecule has 21 heavy (non-hydrogen) atoms. The van der Waals surface area contributed by atoms with Crippen LogP contribution in [0.3, 0.4) is 0 Å². The van der Waals surface area contributed by atoms with E-state index in [-0.39, 0.29) is 11.7 Å². The number of pyridine rings is 1. The van der Waals surface area contributed by atoms with Crippen molar-refractivity contribution in [3.05, 3.63) is 65.6 Å². The van der Waals surface area contributed by atoms with Crippen molar-refractivity contribution in [3.8, 4) is 11.5 Å². The van der Waals surface area contributed by atoms with E-state index in [2.05, 4.69) is 4.98 Å². The van der Waals surface area contributed by atoms with Crippen molar-refractivity contribution in [1.29, 1.82) is 0 Å². The van der Waals surface area contributed by atoms with Crippen LogP contribution < -0.4 is 4.74 Å². The van der Waals surface area contributed by atoms with E-state index in [1.54, 1.807) is 6.07 Å². The zero-order valence-corrected chi connectivity index (χ0v) is 12.2. The monoisotopic (exact) mass is 301 g/mol. The molecule has 0 unspecified atom stereocenters. The third kappa shape index (κ3) is 2.98. The molecule has 4 heteroatoms. The summed E-state index contributed by atoms with van der Waals surface area (Å²) in [5.74, 6) is 0.886. The summed E-state index contributed by atoms with van der Waals surface area (Å²) in [6.45, 7) is 1.92. The molecule has 0 fully saturated rings. The van der Waals surface area contributed by atoms with Crippen molar-refractivity contribution in [3.63, 3.8) is 0 Å². The number of halogens is 2. The van der Waals surface area contributed by atoms with Crippen molar-refractivity contribution in [2.24, 2.45) is 0 Å². The van der Waals surface area contributed by atoms with Crippen LogP contribution in [0.15, 0.2) is 48.5 Å². The molecule has 1 heterocycles. The molecule has 0 spiro atoms. The topological polar surface area (TPSA) is 22.1 Å². The number of benzene rings is 2. The van der Waals surface area contributed by atoms with Crippen LogP contribution in [0.5, 0.6) is 11.5 Å². The lowest BCUT2D eigenvalue weighted by Crippen LogP contribution is -1.91. The predicted molar refractivity (Wildman–Crippen MR) is 82.5 cm³/mol. The fraction of sp³-hybridized carbons (Fsp3) is 0.118. The molecule has 3 aromatic rings. The van der Waals surface area contributed by atoms with Gasteiger partial charge in [-0.25, -0.2) is 9.37 Å². The SMILES string of the molecule is Cc1ccc2cccc(Oc3cc(F)cc(CCl)c3)c2n1. The second-order valence-corrected chi connectivity index (χ2v) is 5.08. The van der Waals surface area contributed by atoms with E-state index < -0.39 is 0 Å². The van der Waals surface area contributed by atoms with Gasteiger partial charge in [-0.05, 0) is 36.8 Å². The van der Waals surface area contributed by atoms with Gasteiger partial charge in [0.1, 0.15) is 17.1 Å². The summed E-state index contributed by atoms with van der Waals surface area (Å²) in [5.41, 5.74) is 2.34. The number of para-hydroxylation sites is 1. The molecular weight excluding hydrogens is 289 g/mol. The van der Waals surface area contributed by atoms with Gasteiger partial charge in [-0.2, -0.15) is 0 Å². The molecule has 3 rings (SSSR count). The first-order valence-corrected chi connectivity index (χ1v) is 7.09. The molecule has 0 saturated heterocycles. The number of fused-ring (bicyclic) bond motifs is 1. The smallest absolute Gasteiger partial charge is 0.153 e. The Kier molecular flexibility index (Phi) is 3.76. The van der Waals surface area contributed by atoms with E-state index in [1.165, 1.54) is 12.1 Å². The Bertz CT molecular complexity index is 804. The fourth-order valence-electron chi connectivity index (χ4n) is 2.18. The predicted octanol–water partition coefficient (Wildman–Crippen LogP) is 5.21. The van der Waals surface area contributed by atoms with Gasteiger partial charge in [0.2, 0.25) is 0 Å². The van der Waals surface area contributed by atoms with Crippen LogP contribution in [-0.2, 0) is 5.88 Å². The Hall–Kier alpha value is -2.13. The Morgan fingerprint density at radius 2 is 2.00 bits per heavy atom. The normalized spacial score (nSPS) is 10.8. The molecule has 0 aliphatic heterocycles. The average Bonchev–Trinajstić information content (AvgIpc) is 2.47. The number of aryl methyl sites for hydroxylation is 1. The molecule has 0 aliphatic carbocycles. The lowest BCUT2D eigenvalue weighted by molar-refractivity contribution is 0.480. The molecule has 0 aliphatic rings. The minimum atomic E-state index is -0.368. The molecule has 106 valence electrons. The summed E-state index contributed by atoms with van der Waals surface area (Å²) in [5, 5.41) is 0.979. The highest BCUT2D eigenvalue weighted by atomic mass is 35.5. The van der Waals surface area contributed by atoms with Gasteiger partial charge in [0.05, 0.1) is 0 Å². The molecule has 0 saturated carbocycles. The number of nitrogens with zero attached hydrogens (tertiary/aromatic N) is 1. The quantitative estimate of drug-likeness (QED) is 0.619. The van der Waals surface area contributed by atoms with Gasteiger partial charge in [-0.15, -0.1) is 11.6 Å². The van der Waals surface area contributed by atoms with Gasteiger partial charge in [0, 0.05) is 23.0 Å². The highest BCUT2D eigenvalue weighted by Gasteiger charge is 2.07. The Labute approximate surface area is 127 Å². The lowest BCUT2D eigenvalue weighted by atomic mass is 10.2. The van der Waals surface area contributed by atoms with Crippen molar-refractivity contribution < 1.29 is 9.13 Å². The van der Waals surface area contributed by atoms with Gasteiger partial charge in [0.15, 0.2) is 5.75 Å². The van der Waals surface area contributed by atoms with E-state index in [0.717, 1.165) is 16.6 Å². The molecule has 0 bridgehead atoms. The molecule has 0 amide bonds. The Morgan fingerprint density at radius 1 is 1.14 bits per heavy atom. The molecule has 0 N–H and O–H groups in total. The molecular formula is C17H13ClFNO. The number of hydrogen-bond acceptors (Lipinski definition) is 2. The third-order valence-corrected chi connectivity index (χ3v) is 3.44. The second kappa shape index (κ2) is 5.70. The summed E-state index contributed by atoms with van der Waals surface area (Å²) in [6, 6.07) is 14.1. The summed E-state index contributed by atoms with van der Waals surface area (Å²) < 4.78 is 19.3. The highest BCUT2D eigenvalue weighted by molar-refractivity contribution is 6.17. The summed E-state index contributed by atoms with van der Waals surface area (Å²) in [6.07, 6.45) is 0. The maximum Gasteiger partial charge on any atom is 0.153 e. The van der Waals surface area contributed by atoms with E-state index in [1.807, 2.05) is 37.3 Å². The number of ether oxygens (including phenoxy) is 1. The van der Waals surface area contributed by atoms with Crippen LogP contribution in [0.1, 0.15) is 11.3 Å². The second-order valence-electron chi connectivity index (χ2n) is 4.81. The lowest BCUT2D eigenvalue weighted by Gasteiger charge is -2.10. The fourth-order valence-corrected chi connectivity index (χ4v) is 2.34. The van der Waals surface area contributed by atoms with Crippen molar-refractivity contribution in [2.45, 2.75) is 12.8 Å². The van der Waals surface area contributed by atoms with Crippen molar-refractivity contribution in [2.75, 3.05) is 0 Å². The zero-order valence-electron chi connectivity index (χ0n) is 11.4. The maximum absolute atomic E-state index is 13.5. The van der Waals surface area contributed by atoms with Crippen molar-refractivity contribution >= 4 is 22.5 Å². The van der Waals surface area contributed by atoms with Crippen LogP contribution in [0.4, 0.5) is 4.39 Å². The van der Waals surface area contributed by atoms with Gasteiger partial charge in [-0.1, -0.05) is 18.2 Å². The van der Waals surface area contributed by atoms with E-state index >= 15 is 0 Å². The minimum Gasteiger partial charge on any atom is -0.455 e. The first kappa shape index (κ1) is 13.8. The van der Waals surface area contributed by atoms with E-state index in [9.17, 15) is 4.39 Å². The van der Waals surface area contributed by atoms with Crippen LogP contribution in [0, 0.1) is 12.7 Å². The molecule has 2 nitrogen and oxygen atoms in total. The van der Waals surface area contributed by atoms with E-state index in [4.69, 9.17) is 16.3 Å². The number of alkyl halides is 1. The number of aromatic nitrogens is 1. The zero-order chi connectivity index (χ0) is 14.8. The first-order valence-electron chi connectivity index (χ1n) is 6.55. The van der Waals surface area contributed by atoms with Gasteiger partial charge in [-0.3, -0.25) is 0 Å². The third-order valence-electron chi connectivity index (χ3n) is 3.14. The molecule has 2 aromatic carbocycles. The van der Waals surface area contributed by atoms with Crippen molar-refractivity contribution in [1.82, 2.24) is 4.98 Å². The molecule has 1 aromatic heterocycles. The standard InChI is InChI=1S/C17H13ClFNO/c1-11-5-6-13-3-2-4-16(17(13)20-11)21-15-8-12(10-18)7-14(19)9-15/h2-9H,10H2,1H3. The molecule has 0 radical (unpaired) electrons. The first-order chi connectivity index (χ1) is 10.2. The van der Waals surface area contributed by atoms with E-state index in [0.29, 0.717) is 17.1 Å². The summed E-state index contributed by atoms with van der Waals surface area (Å²) in [4.78, 5) is 4.49. The Morgan fingerprint density at radius 3 is 2.81 bits per heavy atom. The summed E-state index contributed by atoms with van der Waals surface area (Å²) in [7, 11) is 0. The summed E-state index contributed by atoms with van der Waals surface area (Å²) >= 11 is 5.76. The Balaban J connectivity index is 2.05. The van der Waals surface area contributed by atoms with Gasteiger partial charge in [0.25, 0.3) is 0 Å².